The van der Waals surface area contributed by atoms with Gasteiger partial charge in [0.2, 0.25) is 0 Å². The molecular weight excluding hydrogens is 271 g/mol. The van der Waals surface area contributed by atoms with E-state index in [9.17, 15) is 5.11 Å². The maximum absolute atomic E-state index is 9.54. The highest BCUT2D eigenvalue weighted by molar-refractivity contribution is 8.06. The molecule has 6 heteroatoms. The Hall–Kier alpha value is 0.490. The average Bonchev–Trinajstić information content (AvgIpc) is 2.24. The van der Waals surface area contributed by atoms with Crippen molar-refractivity contribution in [3.8, 4) is 0 Å². The maximum Gasteiger partial charge on any atom is 0.319 e. The third-order valence-corrected chi connectivity index (χ3v) is 2.53. The van der Waals surface area contributed by atoms with E-state index in [0.717, 1.165) is 12.8 Å². The van der Waals surface area contributed by atoms with Crippen LogP contribution in [0.15, 0.2) is 0 Å². The molecule has 112 valence electrons. The molecule has 0 aromatic carbocycles. The molecule has 0 rings (SSSR count). The van der Waals surface area contributed by atoms with Gasteiger partial charge >= 0.3 is 6.72 Å². The van der Waals surface area contributed by atoms with Crippen LogP contribution in [-0.4, -0.2) is 25.9 Å². The van der Waals surface area contributed by atoms with Crippen molar-refractivity contribution in [3.05, 3.63) is 0 Å². The van der Waals surface area contributed by atoms with E-state index in [4.69, 9.17) is 14.7 Å². The van der Waals surface area contributed by atoms with Crippen LogP contribution in [0.1, 0.15) is 71.6 Å². The van der Waals surface area contributed by atoms with E-state index in [2.05, 4.69) is 25.7 Å². The highest BCUT2D eigenvalue weighted by atomic mass is 32.5. The first kappa shape index (κ1) is 20.8. The molecule has 1 atom stereocenters. The number of aliphatic hydroxyl groups is 1. The first-order valence-corrected chi connectivity index (χ1v) is 9.43. The van der Waals surface area contributed by atoms with Gasteiger partial charge in [0.05, 0.1) is 6.10 Å². The largest absolute Gasteiger partial charge is 0.393 e. The van der Waals surface area contributed by atoms with Gasteiger partial charge in [-0.1, -0.05) is 58.8 Å². The Labute approximate surface area is 116 Å². The quantitative estimate of drug-likeness (QED) is 0.389. The summed E-state index contributed by atoms with van der Waals surface area (Å²) in [6.45, 7) is 0.601. The van der Waals surface area contributed by atoms with Crippen LogP contribution >= 0.6 is 6.72 Å². The Morgan fingerprint density at radius 1 is 0.833 bits per heavy atom. The summed E-state index contributed by atoms with van der Waals surface area (Å²) in [6, 6.07) is 0. The third kappa shape index (κ3) is 30.0. The minimum atomic E-state index is -3.81. The summed E-state index contributed by atoms with van der Waals surface area (Å²) >= 11 is 3.60. The van der Waals surface area contributed by atoms with E-state index in [0.29, 0.717) is 0 Å². The number of rotatable bonds is 9. The highest BCUT2D eigenvalue weighted by Crippen LogP contribution is 2.26. The Balaban J connectivity index is 0. The second kappa shape index (κ2) is 13.9. The number of hydrogen-bond acceptors (Lipinski definition) is 2. The molecule has 0 aliphatic rings. The zero-order valence-electron chi connectivity index (χ0n) is 11.6. The summed E-state index contributed by atoms with van der Waals surface area (Å²) in [5.74, 6) is 0. The van der Waals surface area contributed by atoms with Crippen LogP contribution in [-0.2, 0) is 11.8 Å². The van der Waals surface area contributed by atoms with Crippen LogP contribution in [0.4, 0.5) is 0 Å². The molecule has 1 unspecified atom stereocenters. The zero-order valence-corrected chi connectivity index (χ0v) is 13.3. The number of aliphatic hydroxyl groups excluding tert-OH is 1. The topological polar surface area (TPSA) is 80.9 Å². The first-order chi connectivity index (χ1) is 8.31. The zero-order chi connectivity index (χ0) is 14.4. The fraction of sp³-hybridized carbons (Fsp3) is 1.00. The van der Waals surface area contributed by atoms with E-state index in [-0.39, 0.29) is 6.10 Å². The van der Waals surface area contributed by atoms with Crippen molar-refractivity contribution in [2.75, 3.05) is 0 Å². The first-order valence-electron chi connectivity index (χ1n) is 6.77. The van der Waals surface area contributed by atoms with Gasteiger partial charge in [-0.2, -0.15) is 0 Å². The summed E-state index contributed by atoms with van der Waals surface area (Å²) < 4.78 is 0. The van der Waals surface area contributed by atoms with Gasteiger partial charge in [0.1, 0.15) is 0 Å². The van der Waals surface area contributed by atoms with Crippen LogP contribution in [0.25, 0.3) is 0 Å². The summed E-state index contributed by atoms with van der Waals surface area (Å²) in [7, 11) is 0. The third-order valence-electron chi connectivity index (χ3n) is 2.53. The molecule has 18 heavy (non-hydrogen) atoms. The lowest BCUT2D eigenvalue weighted by molar-refractivity contribution is 0.148. The van der Waals surface area contributed by atoms with Crippen molar-refractivity contribution in [2.24, 2.45) is 0 Å². The summed E-state index contributed by atoms with van der Waals surface area (Å²) in [5.41, 5.74) is 0. The fourth-order valence-corrected chi connectivity index (χ4v) is 1.57. The molecule has 0 saturated carbocycles. The molecule has 0 radical (unpaired) electrons. The Morgan fingerprint density at radius 3 is 1.67 bits per heavy atom. The smallest absolute Gasteiger partial charge is 0.319 e. The average molecular weight is 300 g/mol. The van der Waals surface area contributed by atoms with E-state index < -0.39 is 6.72 Å². The summed E-state index contributed by atoms with van der Waals surface area (Å²) in [5, 5.41) is 9.54. The predicted molar refractivity (Wildman–Crippen MR) is 79.8 cm³/mol. The van der Waals surface area contributed by atoms with Crippen molar-refractivity contribution in [3.63, 3.8) is 0 Å². The minimum absolute atomic E-state index is 0.0263. The second-order valence-corrected chi connectivity index (χ2v) is 7.01. The van der Waals surface area contributed by atoms with Crippen molar-refractivity contribution in [1.82, 2.24) is 0 Å². The molecule has 0 bridgehead atoms. The Kier molecular flexibility index (Phi) is 16.1. The van der Waals surface area contributed by atoms with Gasteiger partial charge in [-0.05, 0) is 24.6 Å². The standard InChI is InChI=1S/C12H26O.H3O3PS/c1-3-5-7-8-9-11-12(13)10-6-4-2;1-4(2,3)5/h12-13H,3-11H2,1-2H3;(H3,1,2,3,5). The van der Waals surface area contributed by atoms with Crippen molar-refractivity contribution >= 4 is 18.5 Å². The lowest BCUT2D eigenvalue weighted by Gasteiger charge is -2.08. The van der Waals surface area contributed by atoms with Crippen LogP contribution in [0, 0.1) is 0 Å². The lowest BCUT2D eigenvalue weighted by Crippen LogP contribution is -2.05. The van der Waals surface area contributed by atoms with Gasteiger partial charge in [-0.25, -0.2) is 0 Å². The van der Waals surface area contributed by atoms with Gasteiger partial charge in [-0.3, -0.25) is 0 Å². The van der Waals surface area contributed by atoms with Crippen molar-refractivity contribution in [2.45, 2.75) is 77.7 Å². The van der Waals surface area contributed by atoms with E-state index in [1.54, 1.807) is 0 Å². The molecule has 0 amide bonds. The molecule has 0 saturated heterocycles. The van der Waals surface area contributed by atoms with Crippen molar-refractivity contribution < 1.29 is 19.8 Å². The van der Waals surface area contributed by atoms with Gasteiger partial charge in [0.25, 0.3) is 0 Å². The number of unbranched alkanes of at least 4 members (excludes halogenated alkanes) is 5. The highest BCUT2D eigenvalue weighted by Gasteiger charge is 2.02. The molecule has 0 aliphatic carbocycles. The van der Waals surface area contributed by atoms with E-state index in [1.807, 2.05) is 0 Å². The van der Waals surface area contributed by atoms with Crippen LogP contribution in [0.3, 0.4) is 0 Å². The molecule has 0 spiro atoms. The molecule has 0 aromatic heterocycles. The van der Waals surface area contributed by atoms with Gasteiger partial charge in [0, 0.05) is 0 Å². The van der Waals surface area contributed by atoms with Gasteiger partial charge < -0.3 is 19.8 Å². The SMILES string of the molecule is CCCCCCCC(O)CCCC.OP(O)(O)=S. The maximum atomic E-state index is 9.54. The van der Waals surface area contributed by atoms with E-state index in [1.165, 1.54) is 44.9 Å². The molecule has 0 fully saturated rings. The predicted octanol–water partition coefficient (Wildman–Crippen LogP) is 3.09. The van der Waals surface area contributed by atoms with Crippen LogP contribution in [0.2, 0.25) is 0 Å². The lowest BCUT2D eigenvalue weighted by atomic mass is 10.0. The van der Waals surface area contributed by atoms with Crippen molar-refractivity contribution in [1.29, 1.82) is 0 Å². The summed E-state index contributed by atoms with van der Waals surface area (Å²) in [6.07, 6.45) is 10.9. The second-order valence-electron chi connectivity index (χ2n) is 4.51. The van der Waals surface area contributed by atoms with Gasteiger partial charge in [0.15, 0.2) is 0 Å². The fourth-order valence-electron chi connectivity index (χ4n) is 1.57. The summed E-state index contributed by atoms with van der Waals surface area (Å²) in [4.78, 5) is 22.7. The molecule has 0 aromatic rings. The molecule has 4 N–H and O–H groups in total. The van der Waals surface area contributed by atoms with Gasteiger partial charge in [-0.15, -0.1) is 0 Å². The molecule has 4 nitrogen and oxygen atoms in total. The molecular formula is C12H29O4PS. The monoisotopic (exact) mass is 300 g/mol. The number of hydrogen-bond donors (Lipinski definition) is 4. The van der Waals surface area contributed by atoms with E-state index >= 15 is 0 Å². The molecule has 0 heterocycles. The Morgan fingerprint density at radius 2 is 1.22 bits per heavy atom. The normalized spacial score (nSPS) is 12.8. The van der Waals surface area contributed by atoms with Crippen LogP contribution in [0.5, 0.6) is 0 Å². The Bertz CT molecular complexity index is 200. The molecule has 0 aliphatic heterocycles. The minimum Gasteiger partial charge on any atom is -0.393 e. The van der Waals surface area contributed by atoms with Crippen LogP contribution < -0.4 is 0 Å².